The maximum Gasteiger partial charge on any atom is 0.314 e. The summed E-state index contributed by atoms with van der Waals surface area (Å²) in [4.78, 5) is 10.7. The summed E-state index contributed by atoms with van der Waals surface area (Å²) in [5.41, 5.74) is -0.110. The van der Waals surface area contributed by atoms with Gasteiger partial charge in [0.25, 0.3) is 0 Å². The van der Waals surface area contributed by atoms with Gasteiger partial charge in [0.2, 0.25) is 0 Å². The van der Waals surface area contributed by atoms with E-state index in [2.05, 4.69) is 26.1 Å². The van der Waals surface area contributed by atoms with Crippen molar-refractivity contribution in [2.75, 3.05) is 13.7 Å². The first-order valence-corrected chi connectivity index (χ1v) is 7.12. The first-order chi connectivity index (χ1) is 9.90. The minimum absolute atomic E-state index is 0.0337. The Balaban J connectivity index is 2.16. The molecule has 0 bridgehead atoms. The van der Waals surface area contributed by atoms with E-state index in [0.717, 1.165) is 13.0 Å². The maximum absolute atomic E-state index is 11.2. The van der Waals surface area contributed by atoms with Gasteiger partial charge in [-0.05, 0) is 18.7 Å². The molecule has 2 unspecified atom stereocenters. The lowest BCUT2D eigenvalue weighted by Crippen LogP contribution is -2.62. The third-order valence-corrected chi connectivity index (χ3v) is 4.26. The van der Waals surface area contributed by atoms with Gasteiger partial charge in [-0.3, -0.25) is 10.1 Å². The summed E-state index contributed by atoms with van der Waals surface area (Å²) in [6.07, 6.45) is 0.818. The molecule has 0 saturated heterocycles. The van der Waals surface area contributed by atoms with Crippen molar-refractivity contribution < 1.29 is 14.4 Å². The van der Waals surface area contributed by atoms with Crippen LogP contribution in [0.3, 0.4) is 0 Å². The number of ether oxygens (including phenoxy) is 2. The highest BCUT2D eigenvalue weighted by Crippen LogP contribution is 2.44. The molecule has 0 amide bonds. The number of nitrogens with one attached hydrogen (secondary N) is 1. The second-order valence-corrected chi connectivity index (χ2v) is 5.86. The van der Waals surface area contributed by atoms with Gasteiger partial charge in [0.05, 0.1) is 18.1 Å². The summed E-state index contributed by atoms with van der Waals surface area (Å²) in [7, 11) is 1.48. The van der Waals surface area contributed by atoms with Crippen LogP contribution in [-0.4, -0.2) is 30.7 Å². The highest BCUT2D eigenvalue weighted by Gasteiger charge is 2.50. The maximum atomic E-state index is 11.2. The molecule has 21 heavy (non-hydrogen) atoms. The van der Waals surface area contributed by atoms with Gasteiger partial charge < -0.3 is 14.8 Å². The molecule has 0 aromatic heterocycles. The van der Waals surface area contributed by atoms with Crippen LogP contribution >= 0.6 is 0 Å². The molecule has 1 saturated carbocycles. The third-order valence-electron chi connectivity index (χ3n) is 4.26. The van der Waals surface area contributed by atoms with Crippen molar-refractivity contribution in [2.45, 2.75) is 39.3 Å². The molecule has 1 aliphatic carbocycles. The first-order valence-electron chi connectivity index (χ1n) is 7.12. The zero-order chi connectivity index (χ0) is 15.6. The lowest BCUT2D eigenvalue weighted by atomic mass is 9.64. The average Bonchev–Trinajstić information content (AvgIpc) is 2.46. The van der Waals surface area contributed by atoms with Gasteiger partial charge in [0.15, 0.2) is 5.75 Å². The molecule has 1 aromatic carbocycles. The van der Waals surface area contributed by atoms with Gasteiger partial charge >= 0.3 is 5.69 Å². The van der Waals surface area contributed by atoms with Crippen LogP contribution in [0.25, 0.3) is 0 Å². The molecule has 1 aromatic rings. The van der Waals surface area contributed by atoms with Gasteiger partial charge in [0.1, 0.15) is 11.9 Å². The number of hydrogen-bond donors (Lipinski definition) is 1. The first kappa shape index (κ1) is 15.6. The minimum Gasteiger partial charge on any atom is -0.496 e. The predicted molar refractivity (Wildman–Crippen MR) is 79.9 cm³/mol. The van der Waals surface area contributed by atoms with Crippen LogP contribution in [0.4, 0.5) is 5.69 Å². The van der Waals surface area contributed by atoms with Crippen molar-refractivity contribution in [3.05, 3.63) is 28.3 Å². The molecule has 0 aliphatic heterocycles. The Labute approximate surface area is 124 Å². The normalized spacial score (nSPS) is 23.2. The topological polar surface area (TPSA) is 73.6 Å². The molecular formula is C15H22N2O4. The van der Waals surface area contributed by atoms with Crippen LogP contribution in [-0.2, 0) is 0 Å². The Hall–Kier alpha value is -1.82. The quantitative estimate of drug-likeness (QED) is 0.645. The molecule has 6 nitrogen and oxygen atoms in total. The van der Waals surface area contributed by atoms with Crippen LogP contribution in [0.1, 0.15) is 27.2 Å². The Morgan fingerprint density at radius 2 is 2.19 bits per heavy atom. The third kappa shape index (κ3) is 2.95. The number of nitro groups is 1. The second-order valence-electron chi connectivity index (χ2n) is 5.86. The van der Waals surface area contributed by atoms with Crippen molar-refractivity contribution >= 4 is 5.69 Å². The highest BCUT2D eigenvalue weighted by molar-refractivity contribution is 5.51. The highest BCUT2D eigenvalue weighted by atomic mass is 16.6. The molecule has 6 heteroatoms. The molecule has 1 aliphatic rings. The SMILES string of the molecule is CCNC1CC(Oc2ccc(OC)cc2[N+](=O)[O-])C1(C)C. The zero-order valence-corrected chi connectivity index (χ0v) is 12.9. The van der Waals surface area contributed by atoms with E-state index in [0.29, 0.717) is 17.5 Å². The molecular weight excluding hydrogens is 272 g/mol. The minimum atomic E-state index is -0.439. The summed E-state index contributed by atoms with van der Waals surface area (Å²) in [5, 5.41) is 14.6. The van der Waals surface area contributed by atoms with E-state index >= 15 is 0 Å². The fourth-order valence-electron chi connectivity index (χ4n) is 2.70. The Morgan fingerprint density at radius 1 is 1.48 bits per heavy atom. The van der Waals surface area contributed by atoms with Gasteiger partial charge in [-0.2, -0.15) is 0 Å². The molecule has 0 radical (unpaired) electrons. The lowest BCUT2D eigenvalue weighted by molar-refractivity contribution is -0.386. The van der Waals surface area contributed by atoms with Crippen LogP contribution < -0.4 is 14.8 Å². The van der Waals surface area contributed by atoms with Gasteiger partial charge in [-0.25, -0.2) is 0 Å². The molecule has 0 spiro atoms. The lowest BCUT2D eigenvalue weighted by Gasteiger charge is -2.51. The van der Waals surface area contributed by atoms with Crippen molar-refractivity contribution in [2.24, 2.45) is 5.41 Å². The van der Waals surface area contributed by atoms with Crippen LogP contribution in [0, 0.1) is 15.5 Å². The monoisotopic (exact) mass is 294 g/mol. The summed E-state index contributed by atoms with van der Waals surface area (Å²) < 4.78 is 10.9. The number of methoxy groups -OCH3 is 1. The van der Waals surface area contributed by atoms with Crippen molar-refractivity contribution in [3.8, 4) is 11.5 Å². The Bertz CT molecular complexity index is 530. The van der Waals surface area contributed by atoms with Crippen molar-refractivity contribution in [1.29, 1.82) is 0 Å². The molecule has 2 atom stereocenters. The summed E-state index contributed by atoms with van der Waals surface area (Å²) in [6, 6.07) is 5.05. The van der Waals surface area contributed by atoms with Gasteiger partial charge in [-0.1, -0.05) is 20.8 Å². The number of rotatable bonds is 6. The smallest absolute Gasteiger partial charge is 0.314 e. The predicted octanol–water partition coefficient (Wildman–Crippen LogP) is 2.76. The fraction of sp³-hybridized carbons (Fsp3) is 0.600. The number of benzene rings is 1. The van der Waals surface area contributed by atoms with E-state index in [1.54, 1.807) is 12.1 Å². The van der Waals surface area contributed by atoms with E-state index in [9.17, 15) is 10.1 Å². The molecule has 2 rings (SSSR count). The van der Waals surface area contributed by atoms with Crippen LogP contribution in [0.15, 0.2) is 18.2 Å². The number of hydrogen-bond acceptors (Lipinski definition) is 5. The van der Waals surface area contributed by atoms with Crippen LogP contribution in [0.2, 0.25) is 0 Å². The summed E-state index contributed by atoms with van der Waals surface area (Å²) >= 11 is 0. The standard InChI is InChI=1S/C15H22N2O4/c1-5-16-13-9-14(15(13,2)3)21-12-7-6-10(20-4)8-11(12)17(18)19/h6-8,13-14,16H,5,9H2,1-4H3. The molecule has 1 N–H and O–H groups in total. The van der Waals surface area contributed by atoms with Crippen LogP contribution in [0.5, 0.6) is 11.5 Å². The molecule has 1 fully saturated rings. The van der Waals surface area contributed by atoms with Gasteiger partial charge in [-0.15, -0.1) is 0 Å². The van der Waals surface area contributed by atoms with E-state index in [4.69, 9.17) is 9.47 Å². The molecule has 0 heterocycles. The summed E-state index contributed by atoms with van der Waals surface area (Å²) in [5.74, 6) is 0.751. The second kappa shape index (κ2) is 5.89. The van der Waals surface area contributed by atoms with E-state index in [-0.39, 0.29) is 17.2 Å². The average molecular weight is 294 g/mol. The zero-order valence-electron chi connectivity index (χ0n) is 12.9. The van der Waals surface area contributed by atoms with Crippen molar-refractivity contribution in [3.63, 3.8) is 0 Å². The van der Waals surface area contributed by atoms with Gasteiger partial charge in [0, 0.05) is 17.9 Å². The summed E-state index contributed by atoms with van der Waals surface area (Å²) in [6.45, 7) is 7.20. The van der Waals surface area contributed by atoms with E-state index in [1.807, 2.05) is 0 Å². The van der Waals surface area contributed by atoms with Crippen molar-refractivity contribution in [1.82, 2.24) is 5.32 Å². The number of nitrogens with zero attached hydrogens (tertiary/aromatic N) is 1. The number of nitro benzene ring substituents is 1. The fourth-order valence-corrected chi connectivity index (χ4v) is 2.70. The largest absolute Gasteiger partial charge is 0.496 e. The Morgan fingerprint density at radius 3 is 2.71 bits per heavy atom. The molecule has 116 valence electrons. The Kier molecular flexibility index (Phi) is 4.37. The van der Waals surface area contributed by atoms with E-state index < -0.39 is 4.92 Å². The van der Waals surface area contributed by atoms with E-state index in [1.165, 1.54) is 13.2 Å².